The Morgan fingerprint density at radius 2 is 2.03 bits per heavy atom. The van der Waals surface area contributed by atoms with Crippen LogP contribution >= 0.6 is 0 Å². The first-order valence-electron chi connectivity index (χ1n) is 11.4. The summed E-state index contributed by atoms with van der Waals surface area (Å²) in [6.07, 6.45) is 8.79. The number of nitrogens with zero attached hydrogens (tertiary/aromatic N) is 2. The van der Waals surface area contributed by atoms with Crippen LogP contribution in [0.5, 0.6) is 0 Å². The highest BCUT2D eigenvalue weighted by Crippen LogP contribution is 2.40. The summed E-state index contributed by atoms with van der Waals surface area (Å²) in [6, 6.07) is 3.42. The minimum atomic E-state index is -0.659. The van der Waals surface area contributed by atoms with E-state index in [1.165, 1.54) is 12.1 Å². The van der Waals surface area contributed by atoms with Gasteiger partial charge in [-0.1, -0.05) is 0 Å². The zero-order valence-corrected chi connectivity index (χ0v) is 18.0. The van der Waals surface area contributed by atoms with Gasteiger partial charge in [-0.3, -0.25) is 9.78 Å². The third kappa shape index (κ3) is 4.47. The number of carbonyl (C=O) groups is 1. The summed E-state index contributed by atoms with van der Waals surface area (Å²) < 4.78 is 33.7. The van der Waals surface area contributed by atoms with Crippen molar-refractivity contribution < 1.29 is 18.3 Å². The first kappa shape index (κ1) is 21.3. The second-order valence-electron chi connectivity index (χ2n) is 9.05. The SMILES string of the molecule is O=C(NCCOC1CC1)c1cncc(-c2cc(F)cc(F)c2)c1N1CCC2(CCCN2)C1. The van der Waals surface area contributed by atoms with Gasteiger partial charge in [-0.25, -0.2) is 8.78 Å². The maximum atomic E-state index is 14.0. The number of hydrogen-bond donors (Lipinski definition) is 2. The molecule has 1 unspecified atom stereocenters. The van der Waals surface area contributed by atoms with E-state index in [1.807, 2.05) is 0 Å². The third-order valence-electron chi connectivity index (χ3n) is 6.60. The van der Waals surface area contributed by atoms with E-state index < -0.39 is 11.6 Å². The molecule has 3 heterocycles. The number of rotatable bonds is 7. The quantitative estimate of drug-likeness (QED) is 0.645. The standard InChI is InChI=1S/C24H28F2N4O2/c25-17-10-16(11-18(26)12-17)20-13-27-14-21(23(31)28-7-9-32-19-2-3-19)22(20)30-8-5-24(15-30)4-1-6-29-24/h10-14,19,29H,1-9,15H2,(H,28,31). The van der Waals surface area contributed by atoms with Gasteiger partial charge in [0.25, 0.3) is 5.91 Å². The molecule has 1 amide bonds. The van der Waals surface area contributed by atoms with Crippen LogP contribution < -0.4 is 15.5 Å². The first-order chi connectivity index (χ1) is 15.5. The topological polar surface area (TPSA) is 66.5 Å². The molecule has 6 nitrogen and oxygen atoms in total. The zero-order chi connectivity index (χ0) is 22.1. The van der Waals surface area contributed by atoms with Crippen molar-refractivity contribution in [2.75, 3.05) is 37.7 Å². The van der Waals surface area contributed by atoms with Crippen LogP contribution in [0.25, 0.3) is 11.1 Å². The minimum absolute atomic E-state index is 0.0274. The number of ether oxygens (including phenoxy) is 1. The lowest BCUT2D eigenvalue weighted by molar-refractivity contribution is 0.0898. The molecule has 32 heavy (non-hydrogen) atoms. The summed E-state index contributed by atoms with van der Waals surface area (Å²) >= 11 is 0. The van der Waals surface area contributed by atoms with Crippen LogP contribution in [0.2, 0.25) is 0 Å². The van der Waals surface area contributed by atoms with Gasteiger partial charge < -0.3 is 20.3 Å². The van der Waals surface area contributed by atoms with Gasteiger partial charge in [0.05, 0.1) is 24.0 Å². The summed E-state index contributed by atoms with van der Waals surface area (Å²) in [7, 11) is 0. The lowest BCUT2D eigenvalue weighted by atomic mass is 9.96. The van der Waals surface area contributed by atoms with E-state index in [9.17, 15) is 13.6 Å². The average molecular weight is 443 g/mol. The Morgan fingerprint density at radius 3 is 2.75 bits per heavy atom. The van der Waals surface area contributed by atoms with Crippen LogP contribution in [-0.4, -0.2) is 55.3 Å². The normalized spacial score (nSPS) is 22.6. The van der Waals surface area contributed by atoms with Gasteiger partial charge in [-0.2, -0.15) is 0 Å². The molecule has 1 spiro atoms. The Balaban J connectivity index is 1.47. The summed E-state index contributed by atoms with van der Waals surface area (Å²) in [6.45, 7) is 3.35. The molecule has 2 saturated heterocycles. The van der Waals surface area contributed by atoms with Crippen LogP contribution in [0.1, 0.15) is 42.5 Å². The molecule has 3 fully saturated rings. The summed E-state index contributed by atoms with van der Waals surface area (Å²) in [5.74, 6) is -1.58. The van der Waals surface area contributed by atoms with E-state index in [0.29, 0.717) is 41.6 Å². The van der Waals surface area contributed by atoms with E-state index in [2.05, 4.69) is 20.5 Å². The maximum Gasteiger partial charge on any atom is 0.255 e. The number of pyridine rings is 1. The smallest absolute Gasteiger partial charge is 0.255 e. The number of anilines is 1. The van der Waals surface area contributed by atoms with Crippen molar-refractivity contribution in [3.8, 4) is 11.1 Å². The van der Waals surface area contributed by atoms with Crippen LogP contribution in [0.4, 0.5) is 14.5 Å². The molecule has 1 aromatic heterocycles. The number of hydrogen-bond acceptors (Lipinski definition) is 5. The summed E-state index contributed by atoms with van der Waals surface area (Å²) in [5, 5.41) is 6.54. The largest absolute Gasteiger partial charge is 0.376 e. The van der Waals surface area contributed by atoms with Crippen LogP contribution in [-0.2, 0) is 4.74 Å². The molecule has 0 bridgehead atoms. The molecule has 170 valence electrons. The molecule has 1 atom stereocenters. The fourth-order valence-corrected chi connectivity index (χ4v) is 4.88. The minimum Gasteiger partial charge on any atom is -0.376 e. The molecule has 1 aromatic carbocycles. The van der Waals surface area contributed by atoms with Gasteiger partial charge in [0.2, 0.25) is 0 Å². The Morgan fingerprint density at radius 1 is 1.22 bits per heavy atom. The van der Waals surface area contributed by atoms with Gasteiger partial charge in [0.15, 0.2) is 0 Å². The Kier molecular flexibility index (Phi) is 5.82. The monoisotopic (exact) mass is 442 g/mol. The molecule has 3 aliphatic rings. The number of amides is 1. The van der Waals surface area contributed by atoms with Crippen molar-refractivity contribution in [2.24, 2.45) is 0 Å². The van der Waals surface area contributed by atoms with Gasteiger partial charge in [-0.15, -0.1) is 0 Å². The van der Waals surface area contributed by atoms with Gasteiger partial charge >= 0.3 is 0 Å². The summed E-state index contributed by atoms with van der Waals surface area (Å²) in [4.78, 5) is 19.5. The molecule has 1 saturated carbocycles. The van der Waals surface area contributed by atoms with Crippen LogP contribution in [0, 0.1) is 11.6 Å². The second-order valence-corrected chi connectivity index (χ2v) is 9.05. The van der Waals surface area contributed by atoms with Gasteiger partial charge in [-0.05, 0) is 56.3 Å². The zero-order valence-electron chi connectivity index (χ0n) is 18.0. The van der Waals surface area contributed by atoms with E-state index in [0.717, 1.165) is 57.8 Å². The number of nitrogens with one attached hydrogen (secondary N) is 2. The molecule has 1 aliphatic carbocycles. The predicted octanol–water partition coefficient (Wildman–Crippen LogP) is 3.27. The van der Waals surface area contributed by atoms with E-state index in [-0.39, 0.29) is 11.4 Å². The molecule has 8 heteroatoms. The highest BCUT2D eigenvalue weighted by Gasteiger charge is 2.41. The highest BCUT2D eigenvalue weighted by atomic mass is 19.1. The van der Waals surface area contributed by atoms with Crippen molar-refractivity contribution in [2.45, 2.75) is 43.7 Å². The van der Waals surface area contributed by atoms with Gasteiger partial charge in [0.1, 0.15) is 11.6 Å². The molecule has 2 aromatic rings. The number of benzene rings is 1. The molecule has 0 radical (unpaired) electrons. The van der Waals surface area contributed by atoms with E-state index >= 15 is 0 Å². The van der Waals surface area contributed by atoms with Gasteiger partial charge in [0, 0.05) is 49.2 Å². The lowest BCUT2D eigenvalue weighted by Crippen LogP contribution is -2.42. The first-order valence-corrected chi connectivity index (χ1v) is 11.4. The van der Waals surface area contributed by atoms with Crippen molar-refractivity contribution in [1.82, 2.24) is 15.6 Å². The second kappa shape index (κ2) is 8.75. The maximum absolute atomic E-state index is 14.0. The predicted molar refractivity (Wildman–Crippen MR) is 118 cm³/mol. The van der Waals surface area contributed by atoms with Crippen molar-refractivity contribution in [3.63, 3.8) is 0 Å². The molecule has 5 rings (SSSR count). The third-order valence-corrected chi connectivity index (χ3v) is 6.60. The number of carbonyl (C=O) groups excluding carboxylic acids is 1. The molecular weight excluding hydrogens is 414 g/mol. The molecular formula is C24H28F2N4O2. The van der Waals surface area contributed by atoms with Crippen LogP contribution in [0.3, 0.4) is 0 Å². The lowest BCUT2D eigenvalue weighted by Gasteiger charge is -2.28. The average Bonchev–Trinajstić information content (AvgIpc) is 3.34. The molecule has 2 N–H and O–H groups in total. The Hall–Kier alpha value is -2.58. The summed E-state index contributed by atoms with van der Waals surface area (Å²) in [5.41, 5.74) is 2.04. The Labute approximate surface area is 186 Å². The number of halogens is 2. The van der Waals surface area contributed by atoms with E-state index in [4.69, 9.17) is 4.74 Å². The number of aromatic nitrogens is 1. The van der Waals surface area contributed by atoms with Crippen LogP contribution in [0.15, 0.2) is 30.6 Å². The highest BCUT2D eigenvalue weighted by molar-refractivity contribution is 6.03. The fourth-order valence-electron chi connectivity index (χ4n) is 4.88. The molecule has 2 aliphatic heterocycles. The fraction of sp³-hybridized carbons (Fsp3) is 0.500. The van der Waals surface area contributed by atoms with Crippen molar-refractivity contribution in [1.29, 1.82) is 0 Å². The Bertz CT molecular complexity index is 985. The van der Waals surface area contributed by atoms with Crippen molar-refractivity contribution >= 4 is 11.6 Å². The van der Waals surface area contributed by atoms with E-state index in [1.54, 1.807) is 12.4 Å². The van der Waals surface area contributed by atoms with Crippen molar-refractivity contribution in [3.05, 3.63) is 47.8 Å².